The maximum absolute atomic E-state index is 12.4. The number of nitrogens with zero attached hydrogens (tertiary/aromatic N) is 1. The lowest BCUT2D eigenvalue weighted by Gasteiger charge is -2.27. The van der Waals surface area contributed by atoms with Crippen LogP contribution in [0.15, 0.2) is 48.5 Å². The van der Waals surface area contributed by atoms with Gasteiger partial charge in [-0.3, -0.25) is 4.79 Å². The summed E-state index contributed by atoms with van der Waals surface area (Å²) in [6.45, 7) is 2.93. The molecule has 0 spiro atoms. The van der Waals surface area contributed by atoms with Crippen LogP contribution >= 0.6 is 11.3 Å². The van der Waals surface area contributed by atoms with Crippen LogP contribution in [0, 0.1) is 0 Å². The van der Waals surface area contributed by atoms with Crippen molar-refractivity contribution in [3.8, 4) is 0 Å². The van der Waals surface area contributed by atoms with E-state index in [1.165, 1.54) is 21.7 Å². The highest BCUT2D eigenvalue weighted by molar-refractivity contribution is 7.18. The van der Waals surface area contributed by atoms with Crippen molar-refractivity contribution >= 4 is 33.4 Å². The topological polar surface area (TPSA) is 72.7 Å². The Morgan fingerprint density at radius 1 is 1.13 bits per heavy atom. The second kappa shape index (κ2) is 9.36. The number of carbonyl (C=O) groups excluding carboxylic acids is 2. The number of carbonyl (C=O) groups is 2. The SMILES string of the molecule is COC(=O)c1ccc(CNC(=O)C[NH+]2CCC(c3nc4ccccc4s3)CC2)cc1. The standard InChI is InChI=1S/C23H25N3O3S/c1-29-23(28)18-8-6-16(7-9-18)14-24-21(27)15-26-12-10-17(11-13-26)22-25-19-4-2-3-5-20(19)30-22/h2-9,17H,10-15H2,1H3,(H,24,27)/p+1. The third kappa shape index (κ3) is 4.86. The molecule has 0 saturated carbocycles. The van der Waals surface area contributed by atoms with Gasteiger partial charge in [-0.25, -0.2) is 9.78 Å². The number of thiazole rings is 1. The van der Waals surface area contributed by atoms with Gasteiger partial charge in [0, 0.05) is 25.3 Å². The lowest BCUT2D eigenvalue weighted by Crippen LogP contribution is -3.14. The van der Waals surface area contributed by atoms with E-state index >= 15 is 0 Å². The van der Waals surface area contributed by atoms with Crippen molar-refractivity contribution < 1.29 is 19.2 Å². The third-order valence-corrected chi connectivity index (χ3v) is 6.83. The van der Waals surface area contributed by atoms with Crippen LogP contribution in [-0.2, 0) is 16.1 Å². The van der Waals surface area contributed by atoms with E-state index in [1.807, 2.05) is 18.2 Å². The largest absolute Gasteiger partial charge is 0.465 e. The van der Waals surface area contributed by atoms with Crippen molar-refractivity contribution in [3.05, 3.63) is 64.7 Å². The zero-order valence-electron chi connectivity index (χ0n) is 17.0. The number of piperidine rings is 1. The van der Waals surface area contributed by atoms with Crippen LogP contribution in [0.5, 0.6) is 0 Å². The summed E-state index contributed by atoms with van der Waals surface area (Å²) < 4.78 is 5.95. The second-order valence-electron chi connectivity index (χ2n) is 7.69. The average molecular weight is 425 g/mol. The van der Waals surface area contributed by atoms with E-state index in [-0.39, 0.29) is 11.9 Å². The minimum atomic E-state index is -0.358. The molecule has 0 unspecified atom stereocenters. The highest BCUT2D eigenvalue weighted by atomic mass is 32.1. The fraction of sp³-hybridized carbons (Fsp3) is 0.348. The summed E-state index contributed by atoms with van der Waals surface area (Å²) in [6, 6.07) is 15.4. The number of amides is 1. The highest BCUT2D eigenvalue weighted by Crippen LogP contribution is 2.31. The van der Waals surface area contributed by atoms with E-state index < -0.39 is 0 Å². The molecule has 1 fully saturated rings. The lowest BCUT2D eigenvalue weighted by atomic mass is 9.97. The maximum Gasteiger partial charge on any atom is 0.337 e. The molecule has 2 aromatic carbocycles. The predicted octanol–water partition coefficient (Wildman–Crippen LogP) is 2.16. The predicted molar refractivity (Wildman–Crippen MR) is 117 cm³/mol. The highest BCUT2D eigenvalue weighted by Gasteiger charge is 2.27. The van der Waals surface area contributed by atoms with E-state index in [9.17, 15) is 9.59 Å². The van der Waals surface area contributed by atoms with Gasteiger partial charge in [0.1, 0.15) is 0 Å². The van der Waals surface area contributed by atoms with E-state index in [1.54, 1.807) is 23.5 Å². The first-order valence-corrected chi connectivity index (χ1v) is 11.1. The Bertz CT molecular complexity index is 991. The van der Waals surface area contributed by atoms with Crippen molar-refractivity contribution in [1.29, 1.82) is 0 Å². The molecule has 156 valence electrons. The Morgan fingerprint density at radius 2 is 1.87 bits per heavy atom. The van der Waals surface area contributed by atoms with Gasteiger partial charge in [-0.1, -0.05) is 24.3 Å². The zero-order chi connectivity index (χ0) is 20.9. The molecule has 7 heteroatoms. The van der Waals surface area contributed by atoms with Crippen LogP contribution in [0.1, 0.15) is 39.7 Å². The summed E-state index contributed by atoms with van der Waals surface area (Å²) >= 11 is 1.80. The molecule has 0 radical (unpaired) electrons. The number of hydrogen-bond acceptors (Lipinski definition) is 5. The monoisotopic (exact) mass is 424 g/mol. The molecule has 3 aromatic rings. The lowest BCUT2D eigenvalue weighted by molar-refractivity contribution is -0.897. The first kappa shape index (κ1) is 20.5. The molecule has 0 atom stereocenters. The van der Waals surface area contributed by atoms with Gasteiger partial charge in [-0.15, -0.1) is 11.3 Å². The number of aromatic nitrogens is 1. The number of ether oxygens (including phenoxy) is 1. The quantitative estimate of drug-likeness (QED) is 0.595. The van der Waals surface area contributed by atoms with Gasteiger partial charge in [0.2, 0.25) is 0 Å². The Hall–Kier alpha value is -2.77. The van der Waals surface area contributed by atoms with E-state index in [0.717, 1.165) is 37.0 Å². The summed E-state index contributed by atoms with van der Waals surface area (Å²) in [5, 5.41) is 4.21. The number of esters is 1. The van der Waals surface area contributed by atoms with Crippen LogP contribution in [0.25, 0.3) is 10.2 Å². The summed E-state index contributed by atoms with van der Waals surface area (Å²) in [5.74, 6) is 0.200. The molecular formula is C23H26N3O3S+. The molecule has 1 aliphatic heterocycles. The first-order chi connectivity index (χ1) is 14.6. The third-order valence-electron chi connectivity index (χ3n) is 5.63. The minimum Gasteiger partial charge on any atom is -0.465 e. The Balaban J connectivity index is 1.22. The summed E-state index contributed by atoms with van der Waals surface area (Å²) in [4.78, 5) is 30.0. The molecule has 2 N–H and O–H groups in total. The van der Waals surface area contributed by atoms with Crippen molar-refractivity contribution in [1.82, 2.24) is 10.3 Å². The number of quaternary nitrogens is 1. The zero-order valence-corrected chi connectivity index (χ0v) is 17.8. The van der Waals surface area contributed by atoms with Crippen molar-refractivity contribution in [2.45, 2.75) is 25.3 Å². The number of benzene rings is 2. The van der Waals surface area contributed by atoms with Crippen molar-refractivity contribution in [2.24, 2.45) is 0 Å². The van der Waals surface area contributed by atoms with Gasteiger partial charge in [0.05, 0.1) is 41.0 Å². The first-order valence-electron chi connectivity index (χ1n) is 10.3. The number of methoxy groups -OCH3 is 1. The van der Waals surface area contributed by atoms with Crippen molar-refractivity contribution in [2.75, 3.05) is 26.7 Å². The molecule has 1 amide bonds. The van der Waals surface area contributed by atoms with E-state index in [4.69, 9.17) is 9.72 Å². The Labute approximate surface area is 179 Å². The van der Waals surface area contributed by atoms with Crippen LogP contribution < -0.4 is 10.2 Å². The number of likely N-dealkylation sites (tertiary alicyclic amines) is 1. The molecule has 0 aliphatic carbocycles. The maximum atomic E-state index is 12.4. The van der Waals surface area contributed by atoms with E-state index in [0.29, 0.717) is 24.6 Å². The molecule has 30 heavy (non-hydrogen) atoms. The molecule has 1 aromatic heterocycles. The van der Waals surface area contributed by atoms with Gasteiger partial charge in [-0.2, -0.15) is 0 Å². The van der Waals surface area contributed by atoms with Gasteiger partial charge in [-0.05, 0) is 29.8 Å². The molecule has 4 rings (SSSR count). The number of rotatable bonds is 6. The molecule has 0 bridgehead atoms. The van der Waals surface area contributed by atoms with Crippen molar-refractivity contribution in [3.63, 3.8) is 0 Å². The summed E-state index contributed by atoms with van der Waals surface area (Å²) in [5.41, 5.74) is 2.56. The molecular weight excluding hydrogens is 398 g/mol. The van der Waals surface area contributed by atoms with Crippen LogP contribution in [0.4, 0.5) is 0 Å². The summed E-state index contributed by atoms with van der Waals surface area (Å²) in [7, 11) is 1.36. The molecule has 2 heterocycles. The number of fused-ring (bicyclic) bond motifs is 1. The fourth-order valence-corrected chi connectivity index (χ4v) is 5.02. The fourth-order valence-electron chi connectivity index (χ4n) is 3.88. The number of hydrogen-bond donors (Lipinski definition) is 2. The van der Waals surface area contributed by atoms with Crippen LogP contribution in [0.3, 0.4) is 0 Å². The summed E-state index contributed by atoms with van der Waals surface area (Å²) in [6.07, 6.45) is 2.13. The minimum absolute atomic E-state index is 0.0560. The molecule has 1 aliphatic rings. The van der Waals surface area contributed by atoms with E-state index in [2.05, 4.69) is 23.5 Å². The molecule has 6 nitrogen and oxygen atoms in total. The number of para-hydroxylation sites is 1. The van der Waals surface area contributed by atoms with Crippen LogP contribution in [0.2, 0.25) is 0 Å². The number of nitrogens with one attached hydrogen (secondary N) is 2. The smallest absolute Gasteiger partial charge is 0.337 e. The Morgan fingerprint density at radius 3 is 2.57 bits per heavy atom. The molecule has 1 saturated heterocycles. The van der Waals surface area contributed by atoms with Gasteiger partial charge >= 0.3 is 5.97 Å². The van der Waals surface area contributed by atoms with Gasteiger partial charge < -0.3 is 15.0 Å². The van der Waals surface area contributed by atoms with Gasteiger partial charge in [0.15, 0.2) is 6.54 Å². The normalized spacial score (nSPS) is 18.8. The van der Waals surface area contributed by atoms with Gasteiger partial charge in [0.25, 0.3) is 5.91 Å². The second-order valence-corrected chi connectivity index (χ2v) is 8.75. The Kier molecular flexibility index (Phi) is 6.40. The van der Waals surface area contributed by atoms with Crippen LogP contribution in [-0.4, -0.2) is 43.6 Å². The average Bonchev–Trinajstić information content (AvgIpc) is 3.22.